The molecule has 0 atom stereocenters. The number of benzene rings is 1. The molecule has 5 nitrogen and oxygen atoms in total. The van der Waals surface area contributed by atoms with E-state index in [-0.39, 0.29) is 0 Å². The maximum Gasteiger partial charge on any atom is 0.212 e. The second-order valence-electron chi connectivity index (χ2n) is 4.66. The van der Waals surface area contributed by atoms with Crippen LogP contribution in [-0.2, 0) is 13.7 Å². The molecule has 0 spiro atoms. The number of rotatable bonds is 4. The standard InChI is InChI=1S/C13H18N4O/c1-9(2)11-6-5-10(3)12(7-11)18-8-13-14-16-17(4)15-13/h5-7,9H,8H2,1-4H3. The van der Waals surface area contributed by atoms with Crippen molar-refractivity contribution in [3.05, 3.63) is 35.2 Å². The van der Waals surface area contributed by atoms with Gasteiger partial charge in [-0.3, -0.25) is 0 Å². The van der Waals surface area contributed by atoms with E-state index in [4.69, 9.17) is 4.74 Å². The Morgan fingerprint density at radius 3 is 2.72 bits per heavy atom. The summed E-state index contributed by atoms with van der Waals surface area (Å²) in [4.78, 5) is 1.43. The highest BCUT2D eigenvalue weighted by Gasteiger charge is 2.07. The average Bonchev–Trinajstić information content (AvgIpc) is 2.74. The lowest BCUT2D eigenvalue weighted by molar-refractivity contribution is 0.293. The van der Waals surface area contributed by atoms with Gasteiger partial charge >= 0.3 is 0 Å². The lowest BCUT2D eigenvalue weighted by atomic mass is 10.0. The maximum atomic E-state index is 5.75. The largest absolute Gasteiger partial charge is 0.485 e. The van der Waals surface area contributed by atoms with Crippen LogP contribution in [0.4, 0.5) is 0 Å². The van der Waals surface area contributed by atoms with Crippen molar-refractivity contribution in [2.45, 2.75) is 33.3 Å². The minimum Gasteiger partial charge on any atom is -0.485 e. The molecule has 1 heterocycles. The van der Waals surface area contributed by atoms with Gasteiger partial charge < -0.3 is 4.74 Å². The molecule has 0 aliphatic rings. The molecule has 0 aliphatic carbocycles. The van der Waals surface area contributed by atoms with Gasteiger partial charge in [0.05, 0.1) is 7.05 Å². The quantitative estimate of drug-likeness (QED) is 0.830. The van der Waals surface area contributed by atoms with Crippen molar-refractivity contribution in [1.29, 1.82) is 0 Å². The zero-order valence-corrected chi connectivity index (χ0v) is 11.2. The molecule has 1 aromatic heterocycles. The molecule has 5 heteroatoms. The Labute approximate surface area is 107 Å². The molecule has 0 saturated heterocycles. The number of nitrogens with zero attached hydrogens (tertiary/aromatic N) is 4. The van der Waals surface area contributed by atoms with Crippen LogP contribution in [0.3, 0.4) is 0 Å². The highest BCUT2D eigenvalue weighted by Crippen LogP contribution is 2.24. The molecule has 2 rings (SSSR count). The lowest BCUT2D eigenvalue weighted by Gasteiger charge is -2.11. The van der Waals surface area contributed by atoms with Crippen LogP contribution >= 0.6 is 0 Å². The molecule has 96 valence electrons. The molecule has 0 aliphatic heterocycles. The molecule has 1 aromatic carbocycles. The summed E-state index contributed by atoms with van der Waals surface area (Å²) in [5.41, 5.74) is 2.38. The summed E-state index contributed by atoms with van der Waals surface area (Å²) >= 11 is 0. The average molecular weight is 246 g/mol. The van der Waals surface area contributed by atoms with Crippen molar-refractivity contribution < 1.29 is 4.74 Å². The Hall–Kier alpha value is -1.91. The third kappa shape index (κ3) is 2.85. The summed E-state index contributed by atoms with van der Waals surface area (Å²) in [6.45, 7) is 6.71. The van der Waals surface area contributed by atoms with Crippen molar-refractivity contribution in [2.24, 2.45) is 7.05 Å². The monoisotopic (exact) mass is 246 g/mol. The molecule has 0 amide bonds. The summed E-state index contributed by atoms with van der Waals surface area (Å²) in [6, 6.07) is 6.29. The third-order valence-corrected chi connectivity index (χ3v) is 2.79. The molecule has 0 N–H and O–H groups in total. The minimum absolute atomic E-state index is 0.343. The molecule has 0 bridgehead atoms. The minimum atomic E-state index is 0.343. The smallest absolute Gasteiger partial charge is 0.212 e. The van der Waals surface area contributed by atoms with E-state index in [1.165, 1.54) is 10.4 Å². The first-order chi connectivity index (χ1) is 8.56. The molecule has 2 aromatic rings. The van der Waals surface area contributed by atoms with E-state index < -0.39 is 0 Å². The SMILES string of the molecule is Cc1ccc(C(C)C)cc1OCc1nnn(C)n1. The molecule has 0 fully saturated rings. The van der Waals surface area contributed by atoms with Gasteiger partial charge in [-0.15, -0.1) is 10.2 Å². The van der Waals surface area contributed by atoms with E-state index in [0.717, 1.165) is 11.3 Å². The van der Waals surface area contributed by atoms with Gasteiger partial charge in [0.15, 0.2) is 6.61 Å². The summed E-state index contributed by atoms with van der Waals surface area (Å²) in [5, 5.41) is 11.7. The molecule has 0 unspecified atom stereocenters. The van der Waals surface area contributed by atoms with E-state index in [9.17, 15) is 0 Å². The van der Waals surface area contributed by atoms with Crippen LogP contribution in [0.2, 0.25) is 0 Å². The first-order valence-corrected chi connectivity index (χ1v) is 6.02. The van der Waals surface area contributed by atoms with Crippen molar-refractivity contribution >= 4 is 0 Å². The van der Waals surface area contributed by atoms with E-state index in [2.05, 4.69) is 47.5 Å². The predicted octanol–water partition coefficient (Wildman–Crippen LogP) is 2.22. The van der Waals surface area contributed by atoms with Gasteiger partial charge in [0, 0.05) is 0 Å². The Balaban J connectivity index is 2.10. The van der Waals surface area contributed by atoms with Crippen molar-refractivity contribution in [2.75, 3.05) is 0 Å². The van der Waals surface area contributed by atoms with Gasteiger partial charge in [-0.2, -0.15) is 4.80 Å². The second-order valence-corrected chi connectivity index (χ2v) is 4.66. The van der Waals surface area contributed by atoms with Gasteiger partial charge in [0.25, 0.3) is 0 Å². The van der Waals surface area contributed by atoms with E-state index >= 15 is 0 Å². The van der Waals surface area contributed by atoms with Crippen LogP contribution in [0.15, 0.2) is 18.2 Å². The summed E-state index contributed by atoms with van der Waals surface area (Å²) in [5.74, 6) is 1.96. The highest BCUT2D eigenvalue weighted by atomic mass is 16.5. The van der Waals surface area contributed by atoms with Gasteiger partial charge in [-0.1, -0.05) is 26.0 Å². The fourth-order valence-electron chi connectivity index (χ4n) is 1.65. The predicted molar refractivity (Wildman–Crippen MR) is 68.4 cm³/mol. The zero-order valence-electron chi connectivity index (χ0n) is 11.2. The summed E-state index contributed by atoms with van der Waals surface area (Å²) < 4.78 is 5.75. The highest BCUT2D eigenvalue weighted by molar-refractivity contribution is 5.37. The van der Waals surface area contributed by atoms with Gasteiger partial charge in [-0.05, 0) is 35.2 Å². The van der Waals surface area contributed by atoms with E-state index in [1.54, 1.807) is 7.05 Å². The van der Waals surface area contributed by atoms with E-state index in [1.807, 2.05) is 6.92 Å². The fourth-order valence-corrected chi connectivity index (χ4v) is 1.65. The summed E-state index contributed by atoms with van der Waals surface area (Å²) in [7, 11) is 1.74. The first-order valence-electron chi connectivity index (χ1n) is 6.02. The normalized spacial score (nSPS) is 10.9. The third-order valence-electron chi connectivity index (χ3n) is 2.79. The Morgan fingerprint density at radius 2 is 2.11 bits per heavy atom. The number of ether oxygens (including phenoxy) is 1. The molecular formula is C13H18N4O. The van der Waals surface area contributed by atoms with Crippen LogP contribution in [0.25, 0.3) is 0 Å². The van der Waals surface area contributed by atoms with E-state index in [0.29, 0.717) is 18.3 Å². The number of hydrogen-bond acceptors (Lipinski definition) is 4. The van der Waals surface area contributed by atoms with Crippen LogP contribution in [-0.4, -0.2) is 20.2 Å². The van der Waals surface area contributed by atoms with Gasteiger partial charge in [-0.25, -0.2) is 0 Å². The molecule has 0 radical (unpaired) electrons. The maximum absolute atomic E-state index is 5.75. The number of hydrogen-bond donors (Lipinski definition) is 0. The number of tetrazole rings is 1. The molecule has 0 saturated carbocycles. The first kappa shape index (κ1) is 12.5. The topological polar surface area (TPSA) is 52.8 Å². The van der Waals surface area contributed by atoms with Crippen molar-refractivity contribution in [1.82, 2.24) is 20.2 Å². The van der Waals surface area contributed by atoms with Gasteiger partial charge in [0.2, 0.25) is 5.82 Å². The van der Waals surface area contributed by atoms with Crippen LogP contribution in [0, 0.1) is 6.92 Å². The Bertz CT molecular complexity index is 534. The lowest BCUT2D eigenvalue weighted by Crippen LogP contribution is -2.01. The number of aryl methyl sites for hydroxylation is 2. The Morgan fingerprint density at radius 1 is 1.33 bits per heavy atom. The van der Waals surface area contributed by atoms with Crippen LogP contribution < -0.4 is 4.74 Å². The Kier molecular flexibility index (Phi) is 3.60. The van der Waals surface area contributed by atoms with Gasteiger partial charge in [0.1, 0.15) is 5.75 Å². The molecule has 18 heavy (non-hydrogen) atoms. The van der Waals surface area contributed by atoms with Crippen molar-refractivity contribution in [3.63, 3.8) is 0 Å². The van der Waals surface area contributed by atoms with Crippen LogP contribution in [0.1, 0.15) is 36.7 Å². The number of aromatic nitrogens is 4. The van der Waals surface area contributed by atoms with Crippen molar-refractivity contribution in [3.8, 4) is 5.75 Å². The zero-order chi connectivity index (χ0) is 13.1. The van der Waals surface area contributed by atoms with Crippen LogP contribution in [0.5, 0.6) is 5.75 Å². The fraction of sp³-hybridized carbons (Fsp3) is 0.462. The summed E-state index contributed by atoms with van der Waals surface area (Å²) in [6.07, 6.45) is 0. The second kappa shape index (κ2) is 5.16. The molecular weight excluding hydrogens is 228 g/mol.